The van der Waals surface area contributed by atoms with Crippen molar-refractivity contribution in [2.75, 3.05) is 19.7 Å². The molecule has 0 spiro atoms. The molecule has 1 aromatic heterocycles. The average molecular weight is 363 g/mol. The van der Waals surface area contributed by atoms with E-state index in [1.165, 1.54) is 5.56 Å². The van der Waals surface area contributed by atoms with Gasteiger partial charge in [0.05, 0.1) is 18.0 Å². The number of rotatable bonds is 5. The van der Waals surface area contributed by atoms with Crippen molar-refractivity contribution in [1.29, 1.82) is 0 Å². The van der Waals surface area contributed by atoms with Crippen molar-refractivity contribution in [3.63, 3.8) is 0 Å². The second-order valence-corrected chi connectivity index (χ2v) is 8.61. The highest BCUT2D eigenvalue weighted by Gasteiger charge is 2.32. The van der Waals surface area contributed by atoms with E-state index < -0.39 is 10.0 Å². The number of sulfonamides is 1. The zero-order valence-electron chi connectivity index (χ0n) is 14.9. The summed E-state index contributed by atoms with van der Waals surface area (Å²) in [5, 5.41) is 6.77. The first kappa shape index (κ1) is 17.9. The van der Waals surface area contributed by atoms with Crippen LogP contribution in [-0.4, -0.2) is 42.6 Å². The lowest BCUT2D eigenvalue weighted by molar-refractivity contribution is 0.185. The van der Waals surface area contributed by atoms with Crippen LogP contribution in [0.1, 0.15) is 29.8 Å². The van der Waals surface area contributed by atoms with Crippen molar-refractivity contribution in [3.05, 3.63) is 41.2 Å². The molecule has 3 rings (SSSR count). The standard InChI is InChI=1S/C18H25N3O3S/c1-13-4-6-17(7-5-13)24-12-16-8-10-21(11-9-16)25(22,23)18-14(2)19-20-15(18)3/h4-7,16H,8-12H2,1-3H3,(H,19,20). The summed E-state index contributed by atoms with van der Waals surface area (Å²) >= 11 is 0. The molecule has 0 atom stereocenters. The summed E-state index contributed by atoms with van der Waals surface area (Å²) in [5.41, 5.74) is 2.33. The minimum atomic E-state index is -3.48. The lowest BCUT2D eigenvalue weighted by Crippen LogP contribution is -2.40. The van der Waals surface area contributed by atoms with Gasteiger partial charge in [0.15, 0.2) is 0 Å². The van der Waals surface area contributed by atoms with E-state index >= 15 is 0 Å². The molecule has 0 amide bonds. The molecule has 0 radical (unpaired) electrons. The van der Waals surface area contributed by atoms with Gasteiger partial charge in [-0.25, -0.2) is 8.42 Å². The molecule has 0 unspecified atom stereocenters. The molecule has 1 aliphatic heterocycles. The SMILES string of the molecule is Cc1ccc(OCC2CCN(S(=O)(=O)c3c(C)n[nH]c3C)CC2)cc1. The molecule has 2 aromatic rings. The number of hydrogen-bond acceptors (Lipinski definition) is 4. The topological polar surface area (TPSA) is 75.3 Å². The molecule has 1 aliphatic rings. The largest absolute Gasteiger partial charge is 0.493 e. The Bertz CT molecular complexity index is 800. The molecule has 1 fully saturated rings. The van der Waals surface area contributed by atoms with Gasteiger partial charge in [-0.05, 0) is 51.7 Å². The highest BCUT2D eigenvalue weighted by Crippen LogP contribution is 2.27. The van der Waals surface area contributed by atoms with Gasteiger partial charge in [0.2, 0.25) is 10.0 Å². The summed E-state index contributed by atoms with van der Waals surface area (Å²) in [6.45, 7) is 7.18. The Morgan fingerprint density at radius 3 is 2.36 bits per heavy atom. The molecule has 0 saturated carbocycles. The van der Waals surface area contributed by atoms with Crippen LogP contribution in [0, 0.1) is 26.7 Å². The van der Waals surface area contributed by atoms with Crippen molar-refractivity contribution < 1.29 is 13.2 Å². The Morgan fingerprint density at radius 2 is 1.80 bits per heavy atom. The summed E-state index contributed by atoms with van der Waals surface area (Å²) in [4.78, 5) is 0.321. The summed E-state index contributed by atoms with van der Waals surface area (Å²) < 4.78 is 33.1. The minimum absolute atomic E-state index is 0.321. The molecule has 0 bridgehead atoms. The second-order valence-electron chi connectivity index (χ2n) is 6.73. The lowest BCUT2D eigenvalue weighted by Gasteiger charge is -2.31. The fourth-order valence-corrected chi connectivity index (χ4v) is 5.02. The van der Waals surface area contributed by atoms with E-state index in [-0.39, 0.29) is 0 Å². The van der Waals surface area contributed by atoms with E-state index in [2.05, 4.69) is 10.2 Å². The Morgan fingerprint density at radius 1 is 1.16 bits per heavy atom. The van der Waals surface area contributed by atoms with Crippen molar-refractivity contribution >= 4 is 10.0 Å². The normalized spacial score (nSPS) is 16.9. The van der Waals surface area contributed by atoms with E-state index in [9.17, 15) is 8.42 Å². The number of aromatic amines is 1. The number of hydrogen-bond donors (Lipinski definition) is 1. The predicted octanol–water partition coefficient (Wildman–Crippen LogP) is 2.81. The highest BCUT2D eigenvalue weighted by atomic mass is 32.2. The van der Waals surface area contributed by atoms with Gasteiger partial charge in [0.25, 0.3) is 0 Å². The highest BCUT2D eigenvalue weighted by molar-refractivity contribution is 7.89. The Kier molecular flexibility index (Phi) is 5.15. The number of piperidine rings is 1. The van der Waals surface area contributed by atoms with Crippen molar-refractivity contribution in [2.45, 2.75) is 38.5 Å². The van der Waals surface area contributed by atoms with Crippen molar-refractivity contribution in [3.8, 4) is 5.75 Å². The quantitative estimate of drug-likeness (QED) is 0.886. The summed E-state index contributed by atoms with van der Waals surface area (Å²) in [6, 6.07) is 8.00. The van der Waals surface area contributed by atoms with E-state index in [0.717, 1.165) is 18.6 Å². The van der Waals surface area contributed by atoms with Gasteiger partial charge in [0, 0.05) is 13.1 Å². The van der Waals surface area contributed by atoms with E-state index in [4.69, 9.17) is 4.74 Å². The van der Waals surface area contributed by atoms with Crippen molar-refractivity contribution in [2.24, 2.45) is 5.92 Å². The maximum Gasteiger partial charge on any atom is 0.246 e. The van der Waals surface area contributed by atoms with Crippen LogP contribution in [0.5, 0.6) is 5.75 Å². The number of benzene rings is 1. The number of H-pyrrole nitrogens is 1. The molecule has 136 valence electrons. The van der Waals surface area contributed by atoms with Crippen LogP contribution in [0.2, 0.25) is 0 Å². The molecular formula is C18H25N3O3S. The van der Waals surface area contributed by atoms with E-state index in [1.807, 2.05) is 31.2 Å². The van der Waals surface area contributed by atoms with Gasteiger partial charge in [-0.1, -0.05) is 17.7 Å². The molecule has 2 heterocycles. The van der Waals surface area contributed by atoms with Crippen LogP contribution >= 0.6 is 0 Å². The molecule has 0 aliphatic carbocycles. The smallest absolute Gasteiger partial charge is 0.246 e. The molecule has 6 nitrogen and oxygen atoms in total. The van der Waals surface area contributed by atoms with Gasteiger partial charge in [-0.2, -0.15) is 9.40 Å². The first-order valence-corrected chi connectivity index (χ1v) is 10.0. The van der Waals surface area contributed by atoms with Crippen LogP contribution in [0.4, 0.5) is 0 Å². The number of nitrogens with zero attached hydrogens (tertiary/aromatic N) is 2. The Labute approximate surface area is 149 Å². The van der Waals surface area contributed by atoms with Gasteiger partial charge in [-0.3, -0.25) is 5.10 Å². The minimum Gasteiger partial charge on any atom is -0.493 e. The summed E-state index contributed by atoms with van der Waals surface area (Å²) in [7, 11) is -3.48. The third-order valence-corrected chi connectivity index (χ3v) is 6.90. The van der Waals surface area contributed by atoms with Crippen LogP contribution in [0.3, 0.4) is 0 Å². The van der Waals surface area contributed by atoms with Crippen LogP contribution < -0.4 is 4.74 Å². The first-order valence-electron chi connectivity index (χ1n) is 8.59. The number of aromatic nitrogens is 2. The van der Waals surface area contributed by atoms with Gasteiger partial charge in [-0.15, -0.1) is 0 Å². The predicted molar refractivity (Wildman–Crippen MR) is 96.2 cm³/mol. The molecule has 25 heavy (non-hydrogen) atoms. The fraction of sp³-hybridized carbons (Fsp3) is 0.500. The maximum absolute atomic E-state index is 12.8. The second kappa shape index (κ2) is 7.17. The Hall–Kier alpha value is -1.86. The fourth-order valence-electron chi connectivity index (χ4n) is 3.21. The van der Waals surface area contributed by atoms with E-state index in [0.29, 0.717) is 41.9 Å². The number of ether oxygens (including phenoxy) is 1. The molecule has 1 aromatic carbocycles. The number of nitrogens with one attached hydrogen (secondary N) is 1. The lowest BCUT2D eigenvalue weighted by atomic mass is 9.99. The summed E-state index contributed by atoms with van der Waals surface area (Å²) in [5.74, 6) is 1.24. The zero-order valence-corrected chi connectivity index (χ0v) is 15.8. The van der Waals surface area contributed by atoms with Crippen LogP contribution in [0.25, 0.3) is 0 Å². The Balaban J connectivity index is 1.57. The van der Waals surface area contributed by atoms with Crippen LogP contribution in [0.15, 0.2) is 29.2 Å². The molecule has 1 N–H and O–H groups in total. The maximum atomic E-state index is 12.8. The third kappa shape index (κ3) is 3.88. The van der Waals surface area contributed by atoms with Gasteiger partial charge < -0.3 is 4.74 Å². The van der Waals surface area contributed by atoms with Gasteiger partial charge >= 0.3 is 0 Å². The first-order chi connectivity index (χ1) is 11.9. The average Bonchev–Trinajstić information content (AvgIpc) is 2.94. The summed E-state index contributed by atoms with van der Waals surface area (Å²) in [6.07, 6.45) is 1.61. The number of aryl methyl sites for hydroxylation is 3. The van der Waals surface area contributed by atoms with Gasteiger partial charge in [0.1, 0.15) is 10.6 Å². The molecule has 1 saturated heterocycles. The molecule has 7 heteroatoms. The van der Waals surface area contributed by atoms with E-state index in [1.54, 1.807) is 18.2 Å². The van der Waals surface area contributed by atoms with Crippen LogP contribution in [-0.2, 0) is 10.0 Å². The van der Waals surface area contributed by atoms with Crippen molar-refractivity contribution in [1.82, 2.24) is 14.5 Å². The zero-order chi connectivity index (χ0) is 18.0. The third-order valence-electron chi connectivity index (χ3n) is 4.74. The molecular weight excluding hydrogens is 338 g/mol. The monoisotopic (exact) mass is 363 g/mol.